The van der Waals surface area contributed by atoms with Crippen LogP contribution in [0.5, 0.6) is 0 Å². The van der Waals surface area contributed by atoms with Crippen molar-refractivity contribution in [3.05, 3.63) is 33.9 Å². The Morgan fingerprint density at radius 3 is 2.65 bits per heavy atom. The third kappa shape index (κ3) is 2.81. The highest BCUT2D eigenvalue weighted by Crippen LogP contribution is 2.31. The van der Waals surface area contributed by atoms with Gasteiger partial charge in [0.2, 0.25) is 0 Å². The van der Waals surface area contributed by atoms with Gasteiger partial charge in [-0.25, -0.2) is 0 Å². The second-order valence-electron chi connectivity index (χ2n) is 5.70. The molecule has 2 unspecified atom stereocenters. The number of piperidine rings is 1. The van der Waals surface area contributed by atoms with Crippen molar-refractivity contribution in [2.75, 3.05) is 11.4 Å². The number of benzene rings is 1. The van der Waals surface area contributed by atoms with E-state index in [4.69, 9.17) is 0 Å². The molecule has 2 rings (SSSR count). The highest BCUT2D eigenvalue weighted by Gasteiger charge is 2.26. The fraction of sp³-hybridized carbons (Fsp3) is 0.533. The summed E-state index contributed by atoms with van der Waals surface area (Å²) in [5.41, 5.74) is 0.914. The summed E-state index contributed by atoms with van der Waals surface area (Å²) in [6, 6.07) is 5.29. The summed E-state index contributed by atoms with van der Waals surface area (Å²) in [5.74, 6) is 0.307. The Morgan fingerprint density at radius 1 is 1.35 bits per heavy atom. The largest absolute Gasteiger partial charge is 0.368 e. The van der Waals surface area contributed by atoms with Crippen LogP contribution < -0.4 is 4.90 Å². The van der Waals surface area contributed by atoms with Gasteiger partial charge < -0.3 is 4.90 Å². The smallest absolute Gasteiger partial charge is 0.282 e. The lowest BCUT2D eigenvalue weighted by atomic mass is 9.94. The highest BCUT2D eigenvalue weighted by atomic mass is 16.6. The molecule has 0 aliphatic carbocycles. The summed E-state index contributed by atoms with van der Waals surface area (Å²) >= 11 is 0. The van der Waals surface area contributed by atoms with E-state index in [1.165, 1.54) is 19.4 Å². The summed E-state index contributed by atoms with van der Waals surface area (Å²) in [6.45, 7) is 6.58. The summed E-state index contributed by atoms with van der Waals surface area (Å²) in [6.07, 6.45) is 2.27. The average Bonchev–Trinajstić information content (AvgIpc) is 2.40. The molecule has 1 aliphatic heterocycles. The van der Waals surface area contributed by atoms with Crippen molar-refractivity contribution in [3.63, 3.8) is 0 Å². The topological polar surface area (TPSA) is 63.5 Å². The minimum Gasteiger partial charge on any atom is -0.368 e. The molecule has 1 aliphatic rings. The highest BCUT2D eigenvalue weighted by molar-refractivity contribution is 5.98. The number of rotatable bonds is 3. The minimum atomic E-state index is -0.474. The van der Waals surface area contributed by atoms with Gasteiger partial charge in [-0.15, -0.1) is 0 Å². The third-order valence-electron chi connectivity index (χ3n) is 4.01. The second-order valence-corrected chi connectivity index (χ2v) is 5.70. The van der Waals surface area contributed by atoms with E-state index in [9.17, 15) is 14.9 Å². The van der Waals surface area contributed by atoms with Crippen molar-refractivity contribution in [2.45, 2.75) is 39.7 Å². The molecule has 0 radical (unpaired) electrons. The molecular weight excluding hydrogens is 256 g/mol. The maximum absolute atomic E-state index is 11.5. The predicted octanol–water partition coefficient (Wildman–Crippen LogP) is 3.42. The standard InChI is InChI=1S/C15H20N2O3/c1-10-4-5-11(2)16(9-10)13-6-7-14(12(3)18)15(8-13)17(19)20/h6-8,10-11H,4-5,9H2,1-3H3. The normalized spacial score (nSPS) is 22.6. The number of Topliss-reactive ketones (excluding diaryl/α,β-unsaturated/α-hetero) is 1. The van der Waals surface area contributed by atoms with Crippen molar-refractivity contribution < 1.29 is 9.72 Å². The molecule has 1 heterocycles. The van der Waals surface area contributed by atoms with Gasteiger partial charge in [0.1, 0.15) is 0 Å². The van der Waals surface area contributed by atoms with Gasteiger partial charge >= 0.3 is 0 Å². The van der Waals surface area contributed by atoms with Gasteiger partial charge in [0, 0.05) is 24.3 Å². The minimum absolute atomic E-state index is 0.0968. The molecule has 0 N–H and O–H groups in total. The number of hydrogen-bond acceptors (Lipinski definition) is 4. The zero-order valence-corrected chi connectivity index (χ0v) is 12.1. The van der Waals surface area contributed by atoms with Crippen LogP contribution in [0.4, 0.5) is 11.4 Å². The van der Waals surface area contributed by atoms with Crippen LogP contribution in [-0.4, -0.2) is 23.3 Å². The number of nitro groups is 1. The van der Waals surface area contributed by atoms with Crippen LogP contribution in [0.15, 0.2) is 18.2 Å². The molecule has 0 amide bonds. The molecule has 1 fully saturated rings. The van der Waals surface area contributed by atoms with Crippen LogP contribution in [-0.2, 0) is 0 Å². The quantitative estimate of drug-likeness (QED) is 0.482. The van der Waals surface area contributed by atoms with Gasteiger partial charge in [0.05, 0.1) is 10.5 Å². The molecule has 0 saturated carbocycles. The van der Waals surface area contributed by atoms with E-state index in [2.05, 4.69) is 18.7 Å². The van der Waals surface area contributed by atoms with E-state index >= 15 is 0 Å². The van der Waals surface area contributed by atoms with Crippen molar-refractivity contribution in [1.82, 2.24) is 0 Å². The van der Waals surface area contributed by atoms with Crippen LogP contribution in [0.3, 0.4) is 0 Å². The number of carbonyl (C=O) groups excluding carboxylic acids is 1. The number of carbonyl (C=O) groups is 1. The second kappa shape index (κ2) is 5.61. The molecule has 0 aromatic heterocycles. The summed E-state index contributed by atoms with van der Waals surface area (Å²) < 4.78 is 0. The fourth-order valence-electron chi connectivity index (χ4n) is 2.80. The van der Waals surface area contributed by atoms with Crippen LogP contribution in [0, 0.1) is 16.0 Å². The van der Waals surface area contributed by atoms with E-state index in [-0.39, 0.29) is 17.0 Å². The summed E-state index contributed by atoms with van der Waals surface area (Å²) in [7, 11) is 0. The van der Waals surface area contributed by atoms with E-state index < -0.39 is 4.92 Å². The Hall–Kier alpha value is -1.91. The fourth-order valence-corrected chi connectivity index (χ4v) is 2.80. The van der Waals surface area contributed by atoms with Crippen LogP contribution in [0.25, 0.3) is 0 Å². The van der Waals surface area contributed by atoms with Gasteiger partial charge in [0.25, 0.3) is 5.69 Å². The van der Waals surface area contributed by atoms with Gasteiger partial charge in [-0.3, -0.25) is 14.9 Å². The van der Waals surface area contributed by atoms with E-state index in [1.54, 1.807) is 6.07 Å². The molecule has 0 bridgehead atoms. The lowest BCUT2D eigenvalue weighted by Crippen LogP contribution is -2.41. The molecule has 1 aromatic carbocycles. The van der Waals surface area contributed by atoms with Crippen LogP contribution >= 0.6 is 0 Å². The number of anilines is 1. The van der Waals surface area contributed by atoms with Crippen molar-refractivity contribution in [1.29, 1.82) is 0 Å². The zero-order chi connectivity index (χ0) is 14.9. The first-order valence-corrected chi connectivity index (χ1v) is 6.96. The molecule has 2 atom stereocenters. The molecule has 5 heteroatoms. The van der Waals surface area contributed by atoms with Gasteiger partial charge in [-0.2, -0.15) is 0 Å². The Bertz CT molecular complexity index is 542. The van der Waals surface area contributed by atoms with Crippen molar-refractivity contribution in [3.8, 4) is 0 Å². The van der Waals surface area contributed by atoms with E-state index in [0.717, 1.165) is 18.7 Å². The van der Waals surface area contributed by atoms with Crippen molar-refractivity contribution >= 4 is 17.2 Å². The van der Waals surface area contributed by atoms with Gasteiger partial charge in [-0.1, -0.05) is 6.92 Å². The number of nitro benzene ring substituents is 1. The lowest BCUT2D eigenvalue weighted by molar-refractivity contribution is -0.385. The number of ketones is 1. The lowest BCUT2D eigenvalue weighted by Gasteiger charge is -2.38. The van der Waals surface area contributed by atoms with Gasteiger partial charge in [0.15, 0.2) is 5.78 Å². The Kier molecular flexibility index (Phi) is 4.06. The third-order valence-corrected chi connectivity index (χ3v) is 4.01. The molecular formula is C15H20N2O3. The number of nitrogens with zero attached hydrogens (tertiary/aromatic N) is 2. The van der Waals surface area contributed by atoms with E-state index in [1.807, 2.05) is 6.07 Å². The first-order chi connectivity index (χ1) is 9.40. The summed E-state index contributed by atoms with van der Waals surface area (Å²) in [4.78, 5) is 24.3. The molecule has 5 nitrogen and oxygen atoms in total. The molecule has 1 saturated heterocycles. The Labute approximate surface area is 118 Å². The average molecular weight is 276 g/mol. The predicted molar refractivity (Wildman–Crippen MR) is 78.3 cm³/mol. The Balaban J connectivity index is 2.40. The SMILES string of the molecule is CC(=O)c1ccc(N2CC(C)CCC2C)cc1[N+](=O)[O-]. The first kappa shape index (κ1) is 14.5. The first-order valence-electron chi connectivity index (χ1n) is 6.96. The van der Waals surface area contributed by atoms with Crippen LogP contribution in [0.1, 0.15) is 44.0 Å². The maximum atomic E-state index is 11.5. The van der Waals surface area contributed by atoms with E-state index in [0.29, 0.717) is 12.0 Å². The molecule has 108 valence electrons. The monoisotopic (exact) mass is 276 g/mol. The molecule has 1 aromatic rings. The maximum Gasteiger partial charge on any atom is 0.282 e. The number of hydrogen-bond donors (Lipinski definition) is 0. The molecule has 20 heavy (non-hydrogen) atoms. The molecule has 0 spiro atoms. The van der Waals surface area contributed by atoms with Crippen molar-refractivity contribution in [2.24, 2.45) is 5.92 Å². The zero-order valence-electron chi connectivity index (χ0n) is 12.1. The Morgan fingerprint density at radius 2 is 2.05 bits per heavy atom. The summed E-state index contributed by atoms with van der Waals surface area (Å²) in [5, 5.41) is 11.1. The van der Waals surface area contributed by atoms with Gasteiger partial charge in [-0.05, 0) is 44.7 Å². The van der Waals surface area contributed by atoms with Crippen LogP contribution in [0.2, 0.25) is 0 Å².